The number of benzene rings is 3. The molecule has 22 nitrogen and oxygen atoms in total. The van der Waals surface area contributed by atoms with Gasteiger partial charge < -0.3 is 45.0 Å². The minimum atomic E-state index is -4.51. The molecule has 0 spiro atoms. The number of rotatable bonds is 24. The monoisotopic (exact) mass is 1150 g/mol. The summed E-state index contributed by atoms with van der Waals surface area (Å²) in [4.78, 5) is 80.1. The van der Waals surface area contributed by atoms with Gasteiger partial charge in [-0.15, -0.1) is 0 Å². The zero-order valence-corrected chi connectivity index (χ0v) is 50.7. The zero-order chi connectivity index (χ0) is 56.6. The zero-order valence-electron chi connectivity index (χ0n) is 45.1. The van der Waals surface area contributed by atoms with Crippen LogP contribution in [0.4, 0.5) is 23.0 Å². The van der Waals surface area contributed by atoms with Crippen molar-refractivity contribution in [3.8, 4) is 0 Å². The number of para-hydroxylation sites is 1. The van der Waals surface area contributed by atoms with Crippen LogP contribution in [-0.2, 0) is 51.9 Å². The van der Waals surface area contributed by atoms with Gasteiger partial charge in [-0.3, -0.25) is 24.2 Å². The summed E-state index contributed by atoms with van der Waals surface area (Å²) in [5.74, 6) is -5.02. The van der Waals surface area contributed by atoms with Crippen LogP contribution in [-0.4, -0.2) is 117 Å². The summed E-state index contributed by atoms with van der Waals surface area (Å²) < 4.78 is 76.1. The van der Waals surface area contributed by atoms with Crippen molar-refractivity contribution in [2.75, 3.05) is 47.2 Å². The Kier molecular flexibility index (Phi) is 22.2. The van der Waals surface area contributed by atoms with Crippen molar-refractivity contribution in [1.82, 2.24) is 25.3 Å². The maximum atomic E-state index is 13.5. The average Bonchev–Trinajstić information content (AvgIpc) is 3.72. The number of Topliss-reactive ketones (excluding diaryl/α,β-unsaturated/α-hetero) is 1. The van der Waals surface area contributed by atoms with Crippen LogP contribution in [0.25, 0.3) is 11.2 Å². The van der Waals surface area contributed by atoms with Crippen LogP contribution < -0.4 is 91.0 Å². The summed E-state index contributed by atoms with van der Waals surface area (Å²) in [6.45, 7) is 7.97. The molecule has 410 valence electrons. The van der Waals surface area contributed by atoms with Crippen LogP contribution in [0.2, 0.25) is 0 Å². The normalized spacial score (nSPS) is 15.4. The van der Waals surface area contributed by atoms with Crippen LogP contribution in [0.5, 0.6) is 0 Å². The number of carbonyl (C=O) groups excluding carboxylic acids is 4. The van der Waals surface area contributed by atoms with E-state index in [1.54, 1.807) is 36.4 Å². The molecular formula is C54H57N9Na2O13S2. The number of amides is 1. The van der Waals surface area contributed by atoms with Gasteiger partial charge in [-0.05, 0) is 80.8 Å². The number of ether oxygens (including phenoxy) is 1. The number of aromatic nitrogens is 4. The van der Waals surface area contributed by atoms with Crippen molar-refractivity contribution in [1.29, 1.82) is 0 Å². The first kappa shape index (κ1) is 64.6. The Hall–Kier alpha value is -6.19. The first-order valence-corrected chi connectivity index (χ1v) is 27.8. The Labute approximate surface area is 506 Å². The van der Waals surface area contributed by atoms with E-state index in [0.29, 0.717) is 29.2 Å². The number of nitrogens with zero attached hydrogens (tertiary/aromatic N) is 5. The molecule has 0 saturated carbocycles. The van der Waals surface area contributed by atoms with Gasteiger partial charge in [0.1, 0.15) is 6.54 Å². The van der Waals surface area contributed by atoms with E-state index in [2.05, 4.69) is 44.4 Å². The number of allylic oxidation sites excluding steroid dienone is 8. The van der Waals surface area contributed by atoms with Crippen LogP contribution >= 0.6 is 0 Å². The number of nitrogens with two attached hydrogens (primary N) is 1. The van der Waals surface area contributed by atoms with Crippen LogP contribution in [0.3, 0.4) is 0 Å². The molecule has 3 aromatic carbocycles. The summed E-state index contributed by atoms with van der Waals surface area (Å²) in [7, 11) is -8.88. The summed E-state index contributed by atoms with van der Waals surface area (Å²) >= 11 is 0. The number of hydrogen-bond acceptors (Lipinski definition) is 19. The number of anilines is 3. The van der Waals surface area contributed by atoms with Gasteiger partial charge in [0.05, 0.1) is 56.1 Å². The average molecular weight is 1150 g/mol. The van der Waals surface area contributed by atoms with Gasteiger partial charge in [0.15, 0.2) is 29.3 Å². The van der Waals surface area contributed by atoms with Crippen molar-refractivity contribution in [2.24, 2.45) is 0 Å². The fraction of sp³-hybridized carbons (Fsp3) is 0.315. The molecule has 0 fully saturated rings. The molecule has 5 aromatic rings. The second-order valence-electron chi connectivity index (χ2n) is 19.5. The quantitative estimate of drug-likeness (QED) is 0.0125. The molecule has 80 heavy (non-hydrogen) atoms. The minimum absolute atomic E-state index is 0. The molecule has 1 atom stereocenters. The predicted octanol–water partition coefficient (Wildman–Crippen LogP) is -2.43. The number of ketones is 1. The van der Waals surface area contributed by atoms with E-state index in [1.165, 1.54) is 24.4 Å². The van der Waals surface area contributed by atoms with Crippen molar-refractivity contribution in [2.45, 2.75) is 76.8 Å². The van der Waals surface area contributed by atoms with E-state index < -0.39 is 97.3 Å². The van der Waals surface area contributed by atoms with Gasteiger partial charge in [-0.2, -0.15) is 9.56 Å². The first-order valence-electron chi connectivity index (χ1n) is 24.6. The van der Waals surface area contributed by atoms with Crippen molar-refractivity contribution < 1.29 is 119 Å². The maximum absolute atomic E-state index is 13.5. The molecule has 4 heterocycles. The largest absolute Gasteiger partial charge is 1.00 e. The molecular weight excluding hydrogens is 1090 g/mol. The molecule has 0 bridgehead atoms. The number of nitrogens with one attached hydrogen (secondary N) is 3. The summed E-state index contributed by atoms with van der Waals surface area (Å²) in [5.41, 5.74) is 10.3. The third-order valence-corrected chi connectivity index (χ3v) is 14.8. The van der Waals surface area contributed by atoms with Gasteiger partial charge in [0.25, 0.3) is 11.5 Å². The molecule has 2 aliphatic heterocycles. The molecule has 5 N–H and O–H groups in total. The third kappa shape index (κ3) is 16.5. The van der Waals surface area contributed by atoms with Crippen LogP contribution in [0.1, 0.15) is 90.9 Å². The van der Waals surface area contributed by atoms with Crippen LogP contribution in [0.15, 0.2) is 126 Å². The second kappa shape index (κ2) is 27.5. The molecule has 0 aliphatic carbocycles. The van der Waals surface area contributed by atoms with Crippen molar-refractivity contribution >= 4 is 83.8 Å². The van der Waals surface area contributed by atoms with E-state index in [-0.39, 0.29) is 113 Å². The molecule has 7 rings (SSSR count). The number of esters is 1. The fourth-order valence-corrected chi connectivity index (χ4v) is 10.3. The second-order valence-corrected chi connectivity index (χ2v) is 22.5. The smallest absolute Gasteiger partial charge is 0.748 e. The molecule has 26 heteroatoms. The van der Waals surface area contributed by atoms with E-state index in [9.17, 15) is 55.0 Å². The number of aromatic amines is 1. The number of carboxylic acid groups (broad SMARTS) is 1. The Morgan fingerprint density at radius 3 is 2.21 bits per heavy atom. The van der Waals surface area contributed by atoms with Gasteiger partial charge in [-0.25, -0.2) is 26.8 Å². The first-order chi connectivity index (χ1) is 36.8. The number of aliphatic carboxylic acids is 1. The summed E-state index contributed by atoms with van der Waals surface area (Å²) in [6.07, 6.45) is 13.6. The molecule has 1 unspecified atom stereocenters. The topological polar surface area (TPSA) is 343 Å². The van der Waals surface area contributed by atoms with Gasteiger partial charge in [-0.1, -0.05) is 62.4 Å². The molecule has 0 radical (unpaired) electrons. The molecule has 0 saturated heterocycles. The summed E-state index contributed by atoms with van der Waals surface area (Å²) in [5, 5.41) is 17.4. The number of hydrogen-bond donors (Lipinski definition) is 4. The van der Waals surface area contributed by atoms with Gasteiger partial charge in [0, 0.05) is 82.2 Å². The van der Waals surface area contributed by atoms with Crippen molar-refractivity contribution in [3.63, 3.8) is 0 Å². The molecule has 2 aromatic heterocycles. The van der Waals surface area contributed by atoms with Gasteiger partial charge >= 0.3 is 65.1 Å². The van der Waals surface area contributed by atoms with Crippen molar-refractivity contribution in [3.05, 3.63) is 159 Å². The number of H-pyrrole nitrogens is 1. The predicted molar refractivity (Wildman–Crippen MR) is 287 cm³/mol. The SMILES string of the molecule is CC1(C)C(/C=C/C=C/C=C/C=C2\N(CCCS(=O)(=O)[O-])c3ccc(C(=O)COC(=O)CCC(NC(=O)c4ccc(NCc5cnc6nc(N)[nH]c(=O)c6n5)cc4)C(=O)[O-])cc3C2(C)C)=[N+](CCCS(=O)(=O)[O-])c2ccccc21.[Na+].[Na+]. The third-order valence-electron chi connectivity index (χ3n) is 13.2. The van der Waals surface area contributed by atoms with E-state index in [0.717, 1.165) is 22.7 Å². The van der Waals surface area contributed by atoms with Crippen LogP contribution in [0, 0.1) is 0 Å². The Morgan fingerprint density at radius 1 is 0.850 bits per heavy atom. The van der Waals surface area contributed by atoms with E-state index in [4.69, 9.17) is 10.5 Å². The fourth-order valence-electron chi connectivity index (χ4n) is 9.30. The Bertz CT molecular complexity index is 3620. The summed E-state index contributed by atoms with van der Waals surface area (Å²) in [6, 6.07) is 17.1. The van der Waals surface area contributed by atoms with Gasteiger partial charge in [0.2, 0.25) is 11.6 Å². The number of fused-ring (bicyclic) bond motifs is 3. The molecule has 2 aliphatic rings. The van der Waals surface area contributed by atoms with E-state index in [1.807, 2.05) is 78.0 Å². The Balaban J connectivity index is 0.00000588. The minimum Gasteiger partial charge on any atom is -0.748 e. The number of carboxylic acids is 1. The molecule has 1 amide bonds. The number of carbonyl (C=O) groups is 4. The maximum Gasteiger partial charge on any atom is 1.00 e. The van der Waals surface area contributed by atoms with E-state index >= 15 is 0 Å². The number of nitrogen functional groups attached to an aromatic ring is 1. The standard InChI is InChI=1S/C54H59N9O13S2.2Na/c1-53(2)38-14-10-11-15-41(38)62(26-12-28-77(70,71)72)44(53)16-8-6-5-7-9-17-45-54(3,4)39-30-35(20-24-42(39)63(45)27-13-29-78(73,74)75)43(64)33-76-46(65)25-23-40(51(68)69)59-49(66)34-18-21-36(22-19-34)56-31-37-32-57-48-47(58-37)50(67)61-52(55)60-48;;/h5-11,14-22,24,30,32,40H,12-13,23,25-29,31,33H2,1-4H3,(H7-,55,56,57,59,60,61,66,67,68,69,70,71,72,73,74,75);;/q;2*+1/p-2. The Morgan fingerprint density at radius 2 is 1.51 bits per heavy atom.